The van der Waals surface area contributed by atoms with Crippen molar-refractivity contribution < 1.29 is 5.11 Å². The molecule has 0 saturated carbocycles. The zero-order valence-corrected chi connectivity index (χ0v) is 14.1. The molecule has 3 aromatic rings. The molecule has 3 rings (SSSR count). The number of pyridine rings is 1. The summed E-state index contributed by atoms with van der Waals surface area (Å²) in [6, 6.07) is 12.1. The zero-order valence-electron chi connectivity index (χ0n) is 13.3. The highest BCUT2D eigenvalue weighted by molar-refractivity contribution is 7.18. The van der Waals surface area contributed by atoms with E-state index in [1.54, 1.807) is 23.7 Å². The van der Waals surface area contributed by atoms with Crippen molar-refractivity contribution in [2.24, 2.45) is 0 Å². The van der Waals surface area contributed by atoms with Gasteiger partial charge >= 0.3 is 0 Å². The van der Waals surface area contributed by atoms with Gasteiger partial charge in [-0.1, -0.05) is 19.1 Å². The average Bonchev–Trinajstić information content (AvgIpc) is 3.03. The third-order valence-corrected chi connectivity index (χ3v) is 5.41. The van der Waals surface area contributed by atoms with Gasteiger partial charge in [0.05, 0.1) is 21.3 Å². The number of nitrogens with zero attached hydrogens (tertiary/aromatic N) is 2. The fraction of sp³-hybridized carbons (Fsp3) is 0.333. The number of aliphatic hydroxyl groups is 1. The lowest BCUT2D eigenvalue weighted by molar-refractivity contribution is 0.169. The van der Waals surface area contributed by atoms with Crippen LogP contribution >= 0.6 is 11.3 Å². The fourth-order valence-corrected chi connectivity index (χ4v) is 3.60. The number of hydrogen-bond acceptors (Lipinski definition) is 5. The molecule has 2 aromatic heterocycles. The van der Waals surface area contributed by atoms with Gasteiger partial charge in [-0.3, -0.25) is 4.98 Å². The molecule has 120 valence electrons. The highest BCUT2D eigenvalue weighted by Gasteiger charge is 2.19. The van der Waals surface area contributed by atoms with Crippen LogP contribution in [0.2, 0.25) is 0 Å². The maximum Gasteiger partial charge on any atom is 0.0982 e. The second-order valence-electron chi connectivity index (χ2n) is 5.80. The number of aromatic nitrogens is 2. The van der Waals surface area contributed by atoms with E-state index in [0.717, 1.165) is 16.1 Å². The predicted molar refractivity (Wildman–Crippen MR) is 94.7 cm³/mol. The van der Waals surface area contributed by atoms with Gasteiger partial charge in [0.1, 0.15) is 0 Å². The standard InChI is InChI=1S/C18H21N3OS/c1-12(18-21-15-5-3-4-6-17(15)23-18)13(2)20-11-16(22)14-7-9-19-10-8-14/h3-10,12-13,16,20,22H,11H2,1-2H3. The van der Waals surface area contributed by atoms with Gasteiger partial charge in [-0.15, -0.1) is 11.3 Å². The van der Waals surface area contributed by atoms with Crippen molar-refractivity contribution in [2.75, 3.05) is 6.54 Å². The first-order valence-corrected chi connectivity index (χ1v) is 8.63. The van der Waals surface area contributed by atoms with Crippen LogP contribution in [0.5, 0.6) is 0 Å². The Morgan fingerprint density at radius 3 is 2.61 bits per heavy atom. The highest BCUT2D eigenvalue weighted by atomic mass is 32.1. The van der Waals surface area contributed by atoms with Crippen molar-refractivity contribution in [2.45, 2.75) is 31.9 Å². The van der Waals surface area contributed by atoms with E-state index in [9.17, 15) is 5.11 Å². The number of benzene rings is 1. The molecule has 0 aliphatic heterocycles. The Labute approximate surface area is 140 Å². The highest BCUT2D eigenvalue weighted by Crippen LogP contribution is 2.29. The van der Waals surface area contributed by atoms with E-state index in [4.69, 9.17) is 4.98 Å². The second kappa shape index (κ2) is 7.17. The second-order valence-corrected chi connectivity index (χ2v) is 6.86. The molecule has 4 nitrogen and oxygen atoms in total. The van der Waals surface area contributed by atoms with Crippen molar-refractivity contribution in [3.8, 4) is 0 Å². The van der Waals surface area contributed by atoms with Crippen molar-refractivity contribution in [3.63, 3.8) is 0 Å². The Hall–Kier alpha value is -1.82. The molecule has 1 aromatic carbocycles. The van der Waals surface area contributed by atoms with E-state index >= 15 is 0 Å². The zero-order chi connectivity index (χ0) is 16.2. The maximum absolute atomic E-state index is 10.2. The molecule has 0 spiro atoms. The molecule has 0 amide bonds. The minimum atomic E-state index is -0.525. The molecule has 0 fully saturated rings. The van der Waals surface area contributed by atoms with Crippen LogP contribution in [0.1, 0.15) is 36.4 Å². The number of hydrogen-bond donors (Lipinski definition) is 2. The Morgan fingerprint density at radius 1 is 1.13 bits per heavy atom. The molecule has 0 bridgehead atoms. The number of fused-ring (bicyclic) bond motifs is 1. The first-order chi connectivity index (χ1) is 11.1. The molecule has 23 heavy (non-hydrogen) atoms. The molecule has 3 atom stereocenters. The van der Waals surface area contributed by atoms with E-state index in [0.29, 0.717) is 6.54 Å². The van der Waals surface area contributed by atoms with E-state index in [2.05, 4.69) is 30.2 Å². The first-order valence-electron chi connectivity index (χ1n) is 7.82. The van der Waals surface area contributed by atoms with E-state index in [1.807, 2.05) is 30.3 Å². The summed E-state index contributed by atoms with van der Waals surface area (Å²) < 4.78 is 1.22. The molecule has 2 N–H and O–H groups in total. The third kappa shape index (κ3) is 3.75. The lowest BCUT2D eigenvalue weighted by Crippen LogP contribution is -2.34. The quantitative estimate of drug-likeness (QED) is 0.727. The molecule has 0 aliphatic rings. The monoisotopic (exact) mass is 327 g/mol. The summed E-state index contributed by atoms with van der Waals surface area (Å²) in [5.41, 5.74) is 1.94. The molecule has 0 saturated heterocycles. The minimum Gasteiger partial charge on any atom is -0.387 e. The van der Waals surface area contributed by atoms with Crippen LogP contribution in [0, 0.1) is 0 Å². The molecule has 5 heteroatoms. The molecule has 2 heterocycles. The van der Waals surface area contributed by atoms with Crippen LogP contribution in [0.25, 0.3) is 10.2 Å². The molecule has 3 unspecified atom stereocenters. The first kappa shape index (κ1) is 16.1. The van der Waals surface area contributed by atoms with Gasteiger partial charge in [-0.2, -0.15) is 0 Å². The number of para-hydroxylation sites is 1. The van der Waals surface area contributed by atoms with Crippen LogP contribution in [-0.2, 0) is 0 Å². The summed E-state index contributed by atoms with van der Waals surface area (Å²) in [6.45, 7) is 4.82. The maximum atomic E-state index is 10.2. The van der Waals surface area contributed by atoms with Crippen molar-refractivity contribution >= 4 is 21.6 Å². The molecular formula is C18H21N3OS. The van der Waals surface area contributed by atoms with Crippen LogP contribution in [0.15, 0.2) is 48.8 Å². The van der Waals surface area contributed by atoms with Crippen LogP contribution in [-0.4, -0.2) is 27.7 Å². The van der Waals surface area contributed by atoms with E-state index < -0.39 is 6.10 Å². The SMILES string of the molecule is CC(NCC(O)c1ccncc1)C(C)c1nc2ccccc2s1. The number of rotatable bonds is 6. The Morgan fingerprint density at radius 2 is 1.87 bits per heavy atom. The van der Waals surface area contributed by atoms with Gasteiger partial charge in [0.25, 0.3) is 0 Å². The van der Waals surface area contributed by atoms with Gasteiger partial charge in [0.15, 0.2) is 0 Å². The minimum absolute atomic E-state index is 0.229. The van der Waals surface area contributed by atoms with Crippen LogP contribution < -0.4 is 5.32 Å². The van der Waals surface area contributed by atoms with Crippen molar-refractivity contribution in [1.29, 1.82) is 0 Å². The van der Waals surface area contributed by atoms with Crippen molar-refractivity contribution in [1.82, 2.24) is 15.3 Å². The van der Waals surface area contributed by atoms with Gasteiger partial charge < -0.3 is 10.4 Å². The van der Waals surface area contributed by atoms with Gasteiger partial charge in [0, 0.05) is 30.9 Å². The lowest BCUT2D eigenvalue weighted by atomic mass is 10.0. The summed E-state index contributed by atoms with van der Waals surface area (Å²) in [4.78, 5) is 8.70. The summed E-state index contributed by atoms with van der Waals surface area (Å²) in [5, 5.41) is 14.8. The number of nitrogens with one attached hydrogen (secondary N) is 1. The summed E-state index contributed by atoms with van der Waals surface area (Å²) in [5.74, 6) is 0.289. The predicted octanol–water partition coefficient (Wildman–Crippen LogP) is 3.51. The normalized spacial score (nSPS) is 15.4. The largest absolute Gasteiger partial charge is 0.387 e. The van der Waals surface area contributed by atoms with E-state index in [-0.39, 0.29) is 12.0 Å². The van der Waals surface area contributed by atoms with Crippen molar-refractivity contribution in [3.05, 3.63) is 59.4 Å². The Kier molecular flexibility index (Phi) is 5.00. The van der Waals surface area contributed by atoms with Crippen LogP contribution in [0.4, 0.5) is 0 Å². The number of aliphatic hydroxyl groups excluding tert-OH is 1. The smallest absolute Gasteiger partial charge is 0.0982 e. The fourth-order valence-electron chi connectivity index (χ4n) is 2.48. The Bertz CT molecular complexity index is 726. The summed E-state index contributed by atoms with van der Waals surface area (Å²) in [7, 11) is 0. The average molecular weight is 327 g/mol. The third-order valence-electron chi connectivity index (χ3n) is 4.17. The summed E-state index contributed by atoms with van der Waals surface area (Å²) in [6.07, 6.45) is 2.88. The van der Waals surface area contributed by atoms with Crippen LogP contribution in [0.3, 0.4) is 0 Å². The topological polar surface area (TPSA) is 58.0 Å². The van der Waals surface area contributed by atoms with E-state index in [1.165, 1.54) is 4.70 Å². The summed E-state index contributed by atoms with van der Waals surface area (Å²) >= 11 is 1.74. The molecule has 0 radical (unpaired) electrons. The van der Waals surface area contributed by atoms with Gasteiger partial charge in [0.2, 0.25) is 0 Å². The number of thiazole rings is 1. The molecule has 0 aliphatic carbocycles. The lowest BCUT2D eigenvalue weighted by Gasteiger charge is -2.21. The van der Waals surface area contributed by atoms with Gasteiger partial charge in [-0.25, -0.2) is 4.98 Å². The van der Waals surface area contributed by atoms with Gasteiger partial charge in [-0.05, 0) is 36.8 Å². The Balaban J connectivity index is 1.62. The molecular weight excluding hydrogens is 306 g/mol.